The third kappa shape index (κ3) is 2.92. The maximum atomic E-state index is 10.9. The molecule has 1 aromatic rings. The van der Waals surface area contributed by atoms with Crippen molar-refractivity contribution in [2.45, 2.75) is 12.3 Å². The first-order valence-electron chi connectivity index (χ1n) is 5.42. The van der Waals surface area contributed by atoms with Crippen molar-refractivity contribution in [3.05, 3.63) is 23.8 Å². The SMILES string of the molecule is COc1cc(C2NCCS2)ccc1OC(C)=O. The van der Waals surface area contributed by atoms with Crippen molar-refractivity contribution in [2.75, 3.05) is 19.4 Å². The van der Waals surface area contributed by atoms with E-state index in [0.29, 0.717) is 16.9 Å². The van der Waals surface area contributed by atoms with E-state index >= 15 is 0 Å². The average molecular weight is 253 g/mol. The molecule has 0 bridgehead atoms. The van der Waals surface area contributed by atoms with Crippen LogP contribution < -0.4 is 14.8 Å². The minimum absolute atomic E-state index is 0.301. The van der Waals surface area contributed by atoms with E-state index in [1.165, 1.54) is 6.92 Å². The molecule has 0 saturated carbocycles. The summed E-state index contributed by atoms with van der Waals surface area (Å²) in [5, 5.41) is 3.69. The molecule has 1 saturated heterocycles. The molecule has 1 aliphatic rings. The lowest BCUT2D eigenvalue weighted by Gasteiger charge is -2.13. The normalized spacial score (nSPS) is 19.1. The first-order valence-corrected chi connectivity index (χ1v) is 6.47. The molecule has 1 N–H and O–H groups in total. The summed E-state index contributed by atoms with van der Waals surface area (Å²) in [6.07, 6.45) is 0. The van der Waals surface area contributed by atoms with Crippen LogP contribution in [-0.2, 0) is 4.79 Å². The Labute approximate surface area is 105 Å². The van der Waals surface area contributed by atoms with Crippen molar-refractivity contribution < 1.29 is 14.3 Å². The van der Waals surface area contributed by atoms with Gasteiger partial charge in [-0.25, -0.2) is 0 Å². The van der Waals surface area contributed by atoms with E-state index in [2.05, 4.69) is 5.32 Å². The summed E-state index contributed by atoms with van der Waals surface area (Å²) in [4.78, 5) is 10.9. The molecular formula is C12H15NO3S. The third-order valence-electron chi connectivity index (χ3n) is 2.46. The van der Waals surface area contributed by atoms with Crippen molar-refractivity contribution in [1.29, 1.82) is 0 Å². The summed E-state index contributed by atoms with van der Waals surface area (Å²) in [5.41, 5.74) is 1.14. The Bertz CT molecular complexity index is 416. The topological polar surface area (TPSA) is 47.6 Å². The maximum Gasteiger partial charge on any atom is 0.308 e. The molecule has 0 spiro atoms. The quantitative estimate of drug-likeness (QED) is 0.659. The number of ether oxygens (including phenoxy) is 2. The number of methoxy groups -OCH3 is 1. The second-order valence-corrected chi connectivity index (χ2v) is 4.92. The van der Waals surface area contributed by atoms with E-state index in [1.807, 2.05) is 23.9 Å². The number of esters is 1. The highest BCUT2D eigenvalue weighted by atomic mass is 32.2. The second kappa shape index (κ2) is 5.42. The molecule has 1 aromatic carbocycles. The van der Waals surface area contributed by atoms with E-state index < -0.39 is 0 Å². The molecular weight excluding hydrogens is 238 g/mol. The number of benzene rings is 1. The Balaban J connectivity index is 2.23. The van der Waals surface area contributed by atoms with Gasteiger partial charge in [-0.05, 0) is 17.7 Å². The van der Waals surface area contributed by atoms with Crippen LogP contribution in [0.1, 0.15) is 17.9 Å². The van der Waals surface area contributed by atoms with Gasteiger partial charge in [0.2, 0.25) is 0 Å². The zero-order valence-electron chi connectivity index (χ0n) is 9.86. The van der Waals surface area contributed by atoms with E-state index in [-0.39, 0.29) is 5.97 Å². The summed E-state index contributed by atoms with van der Waals surface area (Å²) in [5.74, 6) is 1.82. The smallest absolute Gasteiger partial charge is 0.308 e. The van der Waals surface area contributed by atoms with Gasteiger partial charge in [-0.1, -0.05) is 6.07 Å². The van der Waals surface area contributed by atoms with Gasteiger partial charge < -0.3 is 14.8 Å². The standard InChI is InChI=1S/C12H15NO3S/c1-8(14)16-10-4-3-9(7-11(10)15-2)12-13-5-6-17-12/h3-4,7,12-13H,5-6H2,1-2H3. The first-order chi connectivity index (χ1) is 8.20. The molecule has 92 valence electrons. The molecule has 17 heavy (non-hydrogen) atoms. The van der Waals surface area contributed by atoms with Gasteiger partial charge in [-0.15, -0.1) is 11.8 Å². The largest absolute Gasteiger partial charge is 0.493 e. The number of hydrogen-bond donors (Lipinski definition) is 1. The number of carbonyl (C=O) groups is 1. The fourth-order valence-corrected chi connectivity index (χ4v) is 2.77. The lowest BCUT2D eigenvalue weighted by molar-refractivity contribution is -0.132. The molecule has 1 unspecified atom stereocenters. The molecule has 5 heteroatoms. The van der Waals surface area contributed by atoms with Crippen LogP contribution in [0, 0.1) is 0 Å². The van der Waals surface area contributed by atoms with Crippen LogP contribution in [0.3, 0.4) is 0 Å². The van der Waals surface area contributed by atoms with Crippen molar-refractivity contribution in [3.8, 4) is 11.5 Å². The zero-order chi connectivity index (χ0) is 12.3. The highest BCUT2D eigenvalue weighted by molar-refractivity contribution is 7.99. The van der Waals surface area contributed by atoms with Gasteiger partial charge >= 0.3 is 5.97 Å². The number of nitrogens with one attached hydrogen (secondary N) is 1. The molecule has 0 aromatic heterocycles. The lowest BCUT2D eigenvalue weighted by Crippen LogP contribution is -2.12. The van der Waals surface area contributed by atoms with Crippen LogP contribution in [0.2, 0.25) is 0 Å². The van der Waals surface area contributed by atoms with E-state index in [1.54, 1.807) is 13.2 Å². The zero-order valence-corrected chi connectivity index (χ0v) is 10.7. The van der Waals surface area contributed by atoms with Crippen molar-refractivity contribution in [1.82, 2.24) is 5.32 Å². The molecule has 0 radical (unpaired) electrons. The Kier molecular flexibility index (Phi) is 3.91. The number of carbonyl (C=O) groups excluding carboxylic acids is 1. The third-order valence-corrected chi connectivity index (χ3v) is 3.67. The highest BCUT2D eigenvalue weighted by Gasteiger charge is 2.18. The molecule has 0 amide bonds. The Hall–Kier alpha value is -1.20. The molecule has 1 aliphatic heterocycles. The number of thioether (sulfide) groups is 1. The first kappa shape index (κ1) is 12.3. The van der Waals surface area contributed by atoms with Crippen LogP contribution in [0.5, 0.6) is 11.5 Å². The number of hydrogen-bond acceptors (Lipinski definition) is 5. The highest BCUT2D eigenvalue weighted by Crippen LogP contribution is 2.35. The van der Waals surface area contributed by atoms with E-state index in [0.717, 1.165) is 17.9 Å². The predicted molar refractivity (Wildman–Crippen MR) is 67.5 cm³/mol. The predicted octanol–water partition coefficient (Wildman–Crippen LogP) is 1.96. The van der Waals surface area contributed by atoms with Crippen LogP contribution in [-0.4, -0.2) is 25.4 Å². The van der Waals surface area contributed by atoms with Crippen LogP contribution >= 0.6 is 11.8 Å². The molecule has 0 aliphatic carbocycles. The van der Waals surface area contributed by atoms with Crippen LogP contribution in [0.4, 0.5) is 0 Å². The minimum atomic E-state index is -0.343. The van der Waals surface area contributed by atoms with E-state index in [4.69, 9.17) is 9.47 Å². The van der Waals surface area contributed by atoms with Crippen molar-refractivity contribution in [3.63, 3.8) is 0 Å². The monoisotopic (exact) mass is 253 g/mol. The summed E-state index contributed by atoms with van der Waals surface area (Å²) >= 11 is 1.86. The van der Waals surface area contributed by atoms with Gasteiger partial charge in [-0.3, -0.25) is 4.79 Å². The summed E-state index contributed by atoms with van der Waals surface area (Å²) in [6, 6.07) is 5.64. The number of rotatable bonds is 3. The van der Waals surface area contributed by atoms with Gasteiger partial charge in [0.15, 0.2) is 11.5 Å². The van der Waals surface area contributed by atoms with Gasteiger partial charge in [0, 0.05) is 19.2 Å². The van der Waals surface area contributed by atoms with Crippen molar-refractivity contribution >= 4 is 17.7 Å². The molecule has 1 heterocycles. The van der Waals surface area contributed by atoms with Crippen LogP contribution in [0.25, 0.3) is 0 Å². The molecule has 4 nitrogen and oxygen atoms in total. The fraction of sp³-hybridized carbons (Fsp3) is 0.417. The van der Waals surface area contributed by atoms with Crippen LogP contribution in [0.15, 0.2) is 18.2 Å². The Morgan fingerprint density at radius 3 is 2.88 bits per heavy atom. The lowest BCUT2D eigenvalue weighted by atomic mass is 10.2. The minimum Gasteiger partial charge on any atom is -0.493 e. The summed E-state index contributed by atoms with van der Waals surface area (Å²) in [7, 11) is 1.57. The fourth-order valence-electron chi connectivity index (χ4n) is 1.73. The molecule has 1 fully saturated rings. The van der Waals surface area contributed by atoms with Crippen molar-refractivity contribution in [2.24, 2.45) is 0 Å². The second-order valence-electron chi connectivity index (χ2n) is 3.71. The maximum absolute atomic E-state index is 10.9. The molecule has 1 atom stereocenters. The summed E-state index contributed by atoms with van der Waals surface area (Å²) in [6.45, 7) is 2.39. The summed E-state index contributed by atoms with van der Waals surface area (Å²) < 4.78 is 10.3. The van der Waals surface area contributed by atoms with Gasteiger partial charge in [0.25, 0.3) is 0 Å². The van der Waals surface area contributed by atoms with Gasteiger partial charge in [-0.2, -0.15) is 0 Å². The average Bonchev–Trinajstić information content (AvgIpc) is 2.82. The van der Waals surface area contributed by atoms with Gasteiger partial charge in [0.05, 0.1) is 12.5 Å². The van der Waals surface area contributed by atoms with Gasteiger partial charge in [0.1, 0.15) is 0 Å². The van der Waals surface area contributed by atoms with E-state index in [9.17, 15) is 4.79 Å². The molecule has 2 rings (SSSR count). The Morgan fingerprint density at radius 1 is 1.47 bits per heavy atom. The Morgan fingerprint density at radius 2 is 2.29 bits per heavy atom.